The van der Waals surface area contributed by atoms with E-state index in [1.807, 2.05) is 31.2 Å². The lowest BCUT2D eigenvalue weighted by molar-refractivity contribution is -0.113. The van der Waals surface area contributed by atoms with E-state index in [-0.39, 0.29) is 18.4 Å². The Balaban J connectivity index is 1.96. The lowest BCUT2D eigenvalue weighted by Gasteiger charge is -2.24. The van der Waals surface area contributed by atoms with Crippen LogP contribution in [0.15, 0.2) is 52.5 Å². The second kappa shape index (κ2) is 7.26. The van der Waals surface area contributed by atoms with Crippen LogP contribution in [0.2, 0.25) is 0 Å². The summed E-state index contributed by atoms with van der Waals surface area (Å²) in [7, 11) is -3.57. The Morgan fingerprint density at radius 2 is 1.84 bits per heavy atom. The van der Waals surface area contributed by atoms with Crippen molar-refractivity contribution in [2.75, 3.05) is 6.54 Å². The molecule has 0 saturated heterocycles. The summed E-state index contributed by atoms with van der Waals surface area (Å²) >= 11 is 0. The van der Waals surface area contributed by atoms with E-state index in [4.69, 9.17) is 0 Å². The number of carbonyl (C=O) groups excluding carboxylic acids is 1. The maximum Gasteiger partial charge on any atom is 0.243 e. The van der Waals surface area contributed by atoms with Gasteiger partial charge >= 0.3 is 0 Å². The molecule has 0 aromatic heterocycles. The molecule has 0 radical (unpaired) electrons. The van der Waals surface area contributed by atoms with Gasteiger partial charge in [0.1, 0.15) is 0 Å². The zero-order valence-corrected chi connectivity index (χ0v) is 15.7. The van der Waals surface area contributed by atoms with E-state index in [9.17, 15) is 13.2 Å². The number of fused-ring (bicyclic) bond motifs is 1. The number of rotatable bonds is 3. The number of ketones is 1. The number of Topliss-reactive ketones (excluding diaryl/α,β-unsaturated/α-hetero) is 1. The van der Waals surface area contributed by atoms with Crippen LogP contribution in [0.4, 0.5) is 0 Å². The van der Waals surface area contributed by atoms with Gasteiger partial charge in [-0.3, -0.25) is 4.79 Å². The highest BCUT2D eigenvalue weighted by atomic mass is 32.2. The van der Waals surface area contributed by atoms with Gasteiger partial charge in [-0.2, -0.15) is 4.31 Å². The van der Waals surface area contributed by atoms with E-state index in [0.29, 0.717) is 10.5 Å². The molecule has 1 unspecified atom stereocenters. The molecule has 0 fully saturated rings. The minimum absolute atomic E-state index is 0.0140. The number of aryl methyl sites for hydroxylation is 1. The first-order valence-electron chi connectivity index (χ1n) is 8.90. The Morgan fingerprint density at radius 1 is 1.12 bits per heavy atom. The Hall–Kier alpha value is -1.72. The first-order chi connectivity index (χ1) is 11.9. The Kier molecular flexibility index (Phi) is 5.25. The fourth-order valence-electron chi connectivity index (χ4n) is 3.59. The van der Waals surface area contributed by atoms with Crippen LogP contribution in [0, 0.1) is 6.92 Å². The number of nitrogens with zero attached hydrogens (tertiary/aromatic N) is 1. The molecule has 1 aromatic rings. The lowest BCUT2D eigenvalue weighted by Crippen LogP contribution is -2.36. The standard InChI is InChI=1S/C20H25NO3S/c1-15-9-11-19(12-10-15)25(23,24)21-14-17-13-18(21)7-5-3-4-6-8-20(17)16(2)22/h8-13,18H,3-7,14H2,1-2H3. The Labute approximate surface area is 150 Å². The smallest absolute Gasteiger partial charge is 0.243 e. The molecule has 25 heavy (non-hydrogen) atoms. The number of benzene rings is 1. The molecule has 3 rings (SSSR count). The van der Waals surface area contributed by atoms with Gasteiger partial charge in [0.2, 0.25) is 10.0 Å². The van der Waals surface area contributed by atoms with Gasteiger partial charge in [-0.1, -0.05) is 42.7 Å². The van der Waals surface area contributed by atoms with Crippen molar-refractivity contribution in [1.29, 1.82) is 0 Å². The summed E-state index contributed by atoms with van der Waals surface area (Å²) in [4.78, 5) is 12.4. The number of allylic oxidation sites excluding steroid dienone is 1. The third kappa shape index (κ3) is 3.77. The number of sulfonamides is 1. The molecule has 2 aliphatic rings. The number of hydrogen-bond acceptors (Lipinski definition) is 3. The fraction of sp³-hybridized carbons (Fsp3) is 0.450. The third-order valence-corrected chi connectivity index (χ3v) is 6.88. The minimum Gasteiger partial charge on any atom is -0.295 e. The molecule has 5 heteroatoms. The summed E-state index contributed by atoms with van der Waals surface area (Å²) in [5, 5.41) is 0. The van der Waals surface area contributed by atoms with Crippen LogP contribution in [0.3, 0.4) is 0 Å². The number of hydrogen-bond donors (Lipinski definition) is 0. The molecular formula is C20H25NO3S. The van der Waals surface area contributed by atoms with Crippen LogP contribution in [0.1, 0.15) is 44.6 Å². The molecule has 0 spiro atoms. The van der Waals surface area contributed by atoms with Crippen LogP contribution in [-0.2, 0) is 14.8 Å². The lowest BCUT2D eigenvalue weighted by atomic mass is 9.98. The second-order valence-electron chi connectivity index (χ2n) is 6.93. The molecular weight excluding hydrogens is 334 g/mol. The van der Waals surface area contributed by atoms with Crippen molar-refractivity contribution in [3.63, 3.8) is 0 Å². The van der Waals surface area contributed by atoms with E-state index in [1.165, 1.54) is 0 Å². The van der Waals surface area contributed by atoms with Crippen LogP contribution < -0.4 is 0 Å². The van der Waals surface area contributed by atoms with Crippen molar-refractivity contribution in [2.24, 2.45) is 0 Å². The van der Waals surface area contributed by atoms with Gasteiger partial charge in [0.05, 0.1) is 4.90 Å². The maximum absolute atomic E-state index is 13.1. The zero-order chi connectivity index (χ0) is 18.0. The normalized spacial score (nSPS) is 22.2. The van der Waals surface area contributed by atoms with E-state index < -0.39 is 10.0 Å². The van der Waals surface area contributed by atoms with E-state index in [0.717, 1.165) is 43.2 Å². The summed E-state index contributed by atoms with van der Waals surface area (Å²) in [6.45, 7) is 3.78. The van der Waals surface area contributed by atoms with E-state index in [1.54, 1.807) is 23.4 Å². The predicted octanol–water partition coefficient (Wildman–Crippen LogP) is 3.77. The van der Waals surface area contributed by atoms with Crippen molar-refractivity contribution < 1.29 is 13.2 Å². The van der Waals surface area contributed by atoms with Gasteiger partial charge < -0.3 is 0 Å². The molecule has 134 valence electrons. The Morgan fingerprint density at radius 3 is 2.52 bits per heavy atom. The summed E-state index contributed by atoms with van der Waals surface area (Å²) in [6, 6.07) is 6.81. The Bertz CT molecular complexity index is 819. The zero-order valence-electron chi connectivity index (χ0n) is 14.9. The van der Waals surface area contributed by atoms with Crippen molar-refractivity contribution in [3.8, 4) is 0 Å². The highest BCUT2D eigenvalue weighted by molar-refractivity contribution is 7.89. The van der Waals surface area contributed by atoms with E-state index in [2.05, 4.69) is 0 Å². The molecule has 1 aliphatic heterocycles. The average Bonchev–Trinajstić information content (AvgIpc) is 2.97. The fourth-order valence-corrected chi connectivity index (χ4v) is 5.17. The molecule has 4 nitrogen and oxygen atoms in total. The van der Waals surface area contributed by atoms with Crippen molar-refractivity contribution in [1.82, 2.24) is 4.31 Å². The molecule has 1 aliphatic carbocycles. The first-order valence-corrected chi connectivity index (χ1v) is 10.3. The largest absolute Gasteiger partial charge is 0.295 e. The van der Waals surface area contributed by atoms with Gasteiger partial charge in [-0.15, -0.1) is 0 Å². The minimum atomic E-state index is -3.57. The SMILES string of the molecule is CC(=O)C1=CCCCCCC2C=C1CN2S(=O)(=O)c1ccc(C)cc1. The van der Waals surface area contributed by atoms with Crippen LogP contribution >= 0.6 is 0 Å². The molecule has 0 amide bonds. The summed E-state index contributed by atoms with van der Waals surface area (Å²) in [6.07, 6.45) is 8.75. The first kappa shape index (κ1) is 18.1. The van der Waals surface area contributed by atoms with Gasteiger partial charge in [0.15, 0.2) is 5.78 Å². The molecule has 1 atom stereocenters. The molecule has 0 saturated carbocycles. The van der Waals surface area contributed by atoms with Crippen LogP contribution in [-0.4, -0.2) is 31.1 Å². The quantitative estimate of drug-likeness (QED) is 0.825. The number of carbonyl (C=O) groups is 1. The molecule has 0 N–H and O–H groups in total. The molecule has 1 aromatic carbocycles. The summed E-state index contributed by atoms with van der Waals surface area (Å²) in [5.74, 6) is 0.0140. The van der Waals surface area contributed by atoms with Crippen LogP contribution in [0.25, 0.3) is 0 Å². The van der Waals surface area contributed by atoms with Gasteiger partial charge in [-0.25, -0.2) is 8.42 Å². The van der Waals surface area contributed by atoms with Crippen molar-refractivity contribution in [3.05, 3.63) is 53.1 Å². The maximum atomic E-state index is 13.1. The second-order valence-corrected chi connectivity index (χ2v) is 8.83. The third-order valence-electron chi connectivity index (χ3n) is 4.99. The monoisotopic (exact) mass is 359 g/mol. The van der Waals surface area contributed by atoms with Gasteiger partial charge in [0, 0.05) is 18.2 Å². The average molecular weight is 359 g/mol. The van der Waals surface area contributed by atoms with Gasteiger partial charge in [-0.05, 0) is 50.8 Å². The van der Waals surface area contributed by atoms with Crippen LogP contribution in [0.5, 0.6) is 0 Å². The molecule has 1 heterocycles. The highest BCUT2D eigenvalue weighted by Crippen LogP contribution is 2.32. The summed E-state index contributed by atoms with van der Waals surface area (Å²) in [5.41, 5.74) is 2.58. The summed E-state index contributed by atoms with van der Waals surface area (Å²) < 4.78 is 27.9. The predicted molar refractivity (Wildman–Crippen MR) is 98.8 cm³/mol. The van der Waals surface area contributed by atoms with E-state index >= 15 is 0 Å². The van der Waals surface area contributed by atoms with Gasteiger partial charge in [0.25, 0.3) is 0 Å². The topological polar surface area (TPSA) is 54.5 Å². The van der Waals surface area contributed by atoms with Crippen molar-refractivity contribution >= 4 is 15.8 Å². The van der Waals surface area contributed by atoms with Crippen molar-refractivity contribution in [2.45, 2.75) is 56.9 Å². The molecule has 2 bridgehead atoms. The highest BCUT2D eigenvalue weighted by Gasteiger charge is 2.36.